The summed E-state index contributed by atoms with van der Waals surface area (Å²) in [6, 6.07) is -0.365. The van der Waals surface area contributed by atoms with Crippen LogP contribution in [-0.4, -0.2) is 71.4 Å². The number of carbonyl (C=O) groups is 1. The molecule has 4 rings (SSSR count). The minimum Gasteiger partial charge on any atom is -0.394 e. The molecule has 0 spiro atoms. The molecule has 1 N–H and O–H groups in total. The predicted octanol–water partition coefficient (Wildman–Crippen LogP) is 3.83. The van der Waals surface area contributed by atoms with Crippen LogP contribution in [0.4, 0.5) is 10.3 Å². The van der Waals surface area contributed by atoms with E-state index in [1.165, 1.54) is 6.20 Å². The van der Waals surface area contributed by atoms with Crippen molar-refractivity contribution in [3.8, 4) is 0 Å². The molecule has 7 nitrogen and oxygen atoms in total. The Labute approximate surface area is 200 Å². The van der Waals surface area contributed by atoms with Crippen LogP contribution in [0.15, 0.2) is 48.0 Å². The summed E-state index contributed by atoms with van der Waals surface area (Å²) >= 11 is 0. The van der Waals surface area contributed by atoms with Gasteiger partial charge < -0.3 is 19.6 Å². The van der Waals surface area contributed by atoms with Crippen molar-refractivity contribution in [2.24, 2.45) is 0 Å². The first-order valence-corrected chi connectivity index (χ1v) is 12.1. The van der Waals surface area contributed by atoms with E-state index in [0.717, 1.165) is 18.4 Å². The quantitative estimate of drug-likeness (QED) is 0.625. The van der Waals surface area contributed by atoms with Crippen LogP contribution in [0.2, 0.25) is 0 Å². The summed E-state index contributed by atoms with van der Waals surface area (Å²) in [6.45, 7) is 4.58. The van der Waals surface area contributed by atoms with E-state index in [9.17, 15) is 14.3 Å². The van der Waals surface area contributed by atoms with Gasteiger partial charge in [0.1, 0.15) is 5.83 Å². The zero-order valence-electron chi connectivity index (χ0n) is 19.8. The van der Waals surface area contributed by atoms with Crippen molar-refractivity contribution in [1.29, 1.82) is 0 Å². The highest BCUT2D eigenvalue weighted by Crippen LogP contribution is 2.31. The number of allylic oxidation sites excluding steroid dienone is 6. The molecule has 1 aliphatic heterocycles. The maximum Gasteiger partial charge on any atom is 0.258 e. The van der Waals surface area contributed by atoms with Crippen molar-refractivity contribution in [2.75, 3.05) is 44.4 Å². The Morgan fingerprint density at radius 2 is 2.03 bits per heavy atom. The number of hydrogen-bond donors (Lipinski definition) is 1. The number of ether oxygens (including phenoxy) is 1. The Kier molecular flexibility index (Phi) is 8.24. The Hall–Kier alpha value is -2.84. The average molecular weight is 469 g/mol. The van der Waals surface area contributed by atoms with Gasteiger partial charge in [0.15, 0.2) is 0 Å². The monoisotopic (exact) mass is 468 g/mol. The lowest BCUT2D eigenvalue weighted by Gasteiger charge is -2.32. The standard InChI is InChI=1S/C26H33FN4O3/c1-2-20(18-32)31(17-19-8-4-3-5-9-19)25(33)22-16-28-26(30-12-14-34-15-13-30)29-24(22)21-10-6-7-11-23(21)27/h4,6,8-10,16,20,32H,2-3,5,7,11-15,17-18H2,1H3. The average Bonchev–Trinajstić information content (AvgIpc) is 2.89. The third-order valence-corrected chi connectivity index (χ3v) is 6.47. The first-order valence-electron chi connectivity index (χ1n) is 12.1. The normalized spacial score (nSPS) is 19.3. The summed E-state index contributed by atoms with van der Waals surface area (Å²) in [5.41, 5.74) is 1.92. The summed E-state index contributed by atoms with van der Waals surface area (Å²) in [5, 5.41) is 10.0. The molecular formula is C26H33FN4O3. The molecule has 182 valence electrons. The van der Waals surface area contributed by atoms with Gasteiger partial charge in [-0.2, -0.15) is 0 Å². The number of aliphatic hydroxyl groups is 1. The van der Waals surface area contributed by atoms with Crippen molar-refractivity contribution in [3.63, 3.8) is 0 Å². The van der Waals surface area contributed by atoms with E-state index in [4.69, 9.17) is 9.72 Å². The highest BCUT2D eigenvalue weighted by molar-refractivity contribution is 6.00. The largest absolute Gasteiger partial charge is 0.394 e. The highest BCUT2D eigenvalue weighted by atomic mass is 19.1. The third-order valence-electron chi connectivity index (χ3n) is 6.47. The van der Waals surface area contributed by atoms with Gasteiger partial charge in [-0.1, -0.05) is 37.3 Å². The molecule has 8 heteroatoms. The number of anilines is 1. The zero-order valence-corrected chi connectivity index (χ0v) is 19.8. The van der Waals surface area contributed by atoms with Gasteiger partial charge >= 0.3 is 0 Å². The van der Waals surface area contributed by atoms with Crippen molar-refractivity contribution in [2.45, 2.75) is 45.1 Å². The number of rotatable bonds is 8. The minimum absolute atomic E-state index is 0.155. The van der Waals surface area contributed by atoms with Gasteiger partial charge in [0, 0.05) is 37.8 Å². The van der Waals surface area contributed by atoms with E-state index in [2.05, 4.69) is 17.1 Å². The van der Waals surface area contributed by atoms with Crippen molar-refractivity contribution in [1.82, 2.24) is 14.9 Å². The van der Waals surface area contributed by atoms with Crippen molar-refractivity contribution < 1.29 is 19.0 Å². The molecule has 0 aromatic carbocycles. The lowest BCUT2D eigenvalue weighted by atomic mass is 9.98. The van der Waals surface area contributed by atoms with Crippen molar-refractivity contribution in [3.05, 3.63) is 59.2 Å². The molecule has 1 atom stereocenters. The van der Waals surface area contributed by atoms with Gasteiger partial charge in [-0.3, -0.25) is 4.79 Å². The van der Waals surface area contributed by atoms with Crippen LogP contribution in [0.3, 0.4) is 0 Å². The molecule has 0 radical (unpaired) electrons. The predicted molar refractivity (Wildman–Crippen MR) is 130 cm³/mol. The Morgan fingerprint density at radius 1 is 1.24 bits per heavy atom. The topological polar surface area (TPSA) is 78.8 Å². The van der Waals surface area contributed by atoms with Gasteiger partial charge in [-0.05, 0) is 31.3 Å². The molecule has 34 heavy (non-hydrogen) atoms. The second-order valence-electron chi connectivity index (χ2n) is 8.73. The van der Waals surface area contributed by atoms with E-state index < -0.39 is 0 Å². The van der Waals surface area contributed by atoms with Crippen LogP contribution >= 0.6 is 0 Å². The van der Waals surface area contributed by atoms with Crippen LogP contribution in [0.25, 0.3) is 5.57 Å². The van der Waals surface area contributed by atoms with Gasteiger partial charge in [-0.15, -0.1) is 0 Å². The van der Waals surface area contributed by atoms with Crippen LogP contribution in [-0.2, 0) is 4.74 Å². The van der Waals surface area contributed by atoms with Crippen LogP contribution < -0.4 is 4.90 Å². The molecule has 1 fully saturated rings. The van der Waals surface area contributed by atoms with E-state index in [1.54, 1.807) is 11.0 Å². The molecule has 0 saturated carbocycles. The molecule has 1 saturated heterocycles. The maximum absolute atomic E-state index is 15.0. The number of morpholine rings is 1. The fraction of sp³-hybridized carbons (Fsp3) is 0.500. The van der Waals surface area contributed by atoms with E-state index in [-0.39, 0.29) is 36.4 Å². The second kappa shape index (κ2) is 11.5. The lowest BCUT2D eigenvalue weighted by molar-refractivity contribution is 0.0611. The van der Waals surface area contributed by atoms with Crippen molar-refractivity contribution >= 4 is 17.4 Å². The Morgan fingerprint density at radius 3 is 2.71 bits per heavy atom. The molecule has 2 aliphatic carbocycles. The van der Waals surface area contributed by atoms with Crippen LogP contribution in [0.5, 0.6) is 0 Å². The minimum atomic E-state index is -0.365. The van der Waals surface area contributed by atoms with Crippen LogP contribution in [0.1, 0.15) is 55.1 Å². The number of aromatic nitrogens is 2. The Balaban J connectivity index is 1.75. The van der Waals surface area contributed by atoms with Gasteiger partial charge in [-0.25, -0.2) is 14.4 Å². The number of carbonyl (C=O) groups excluding carboxylic acids is 1. The Bertz CT molecular complexity index is 1010. The molecule has 2 heterocycles. The first-order chi connectivity index (χ1) is 16.6. The first kappa shape index (κ1) is 24.3. The molecule has 1 aromatic heterocycles. The van der Waals surface area contributed by atoms with Gasteiger partial charge in [0.05, 0.1) is 37.1 Å². The second-order valence-corrected chi connectivity index (χ2v) is 8.73. The maximum atomic E-state index is 15.0. The van der Waals surface area contributed by atoms with E-state index in [1.807, 2.05) is 24.0 Å². The fourth-order valence-electron chi connectivity index (χ4n) is 4.44. The molecule has 1 unspecified atom stereocenters. The summed E-state index contributed by atoms with van der Waals surface area (Å²) < 4.78 is 20.4. The SMILES string of the molecule is CCC(CO)N(CC1=CCCC=C1)C(=O)c1cnc(N2CCOCC2)nc1C1=C(F)CCC=C1. The summed E-state index contributed by atoms with van der Waals surface area (Å²) in [4.78, 5) is 26.8. The summed E-state index contributed by atoms with van der Waals surface area (Å²) in [5.74, 6) is -0.113. The molecule has 1 amide bonds. The number of nitrogens with zero attached hydrogens (tertiary/aromatic N) is 4. The number of hydrogen-bond acceptors (Lipinski definition) is 6. The fourth-order valence-corrected chi connectivity index (χ4v) is 4.44. The number of aliphatic hydroxyl groups excluding tert-OH is 1. The molecular weight excluding hydrogens is 435 g/mol. The van der Waals surface area contributed by atoms with E-state index in [0.29, 0.717) is 62.9 Å². The van der Waals surface area contributed by atoms with Crippen LogP contribution in [0, 0.1) is 0 Å². The summed E-state index contributed by atoms with van der Waals surface area (Å²) in [7, 11) is 0. The summed E-state index contributed by atoms with van der Waals surface area (Å²) in [6.07, 6.45) is 14.8. The number of amides is 1. The molecule has 0 bridgehead atoms. The lowest BCUT2D eigenvalue weighted by Crippen LogP contribution is -2.44. The highest BCUT2D eigenvalue weighted by Gasteiger charge is 2.29. The smallest absolute Gasteiger partial charge is 0.258 e. The molecule has 3 aliphatic rings. The third kappa shape index (κ3) is 5.45. The zero-order chi connectivity index (χ0) is 23.9. The van der Waals surface area contributed by atoms with Gasteiger partial charge in [0.25, 0.3) is 5.91 Å². The number of halogens is 1. The van der Waals surface area contributed by atoms with Gasteiger partial charge in [0.2, 0.25) is 5.95 Å². The van der Waals surface area contributed by atoms with E-state index >= 15 is 0 Å². The molecule has 1 aromatic rings.